The molecule has 29 heavy (non-hydrogen) atoms. The number of carbonyl (C=O) groups excluding carboxylic acids is 1. The Morgan fingerprint density at radius 1 is 1.17 bits per heavy atom. The van der Waals surface area contributed by atoms with E-state index in [1.165, 1.54) is 0 Å². The molecule has 0 radical (unpaired) electrons. The van der Waals surface area contributed by atoms with Crippen LogP contribution in [0.3, 0.4) is 0 Å². The van der Waals surface area contributed by atoms with Crippen LogP contribution in [-0.2, 0) is 9.53 Å². The molecule has 4 aliphatic rings. The van der Waals surface area contributed by atoms with Gasteiger partial charge in [0, 0.05) is 31.6 Å². The number of hydrogen-bond donors (Lipinski definition) is 4. The highest BCUT2D eigenvalue weighted by molar-refractivity contribution is 5.81. The van der Waals surface area contributed by atoms with Crippen molar-refractivity contribution < 1.29 is 9.53 Å². The highest BCUT2D eigenvalue weighted by Gasteiger charge is 2.52. The van der Waals surface area contributed by atoms with Crippen LogP contribution in [0.25, 0.3) is 0 Å². The fourth-order valence-electron chi connectivity index (χ4n) is 5.60. The van der Waals surface area contributed by atoms with Crippen molar-refractivity contribution in [1.82, 2.24) is 26.0 Å². The number of hydrogen-bond acceptors (Lipinski definition) is 7. The first-order chi connectivity index (χ1) is 14.0. The minimum absolute atomic E-state index is 0.0376. The molecule has 4 aliphatic heterocycles. The number of nitrogens with zero attached hydrogens (tertiary/aromatic N) is 2. The molecule has 0 aromatic heterocycles. The topological polar surface area (TPSA) is 94.9 Å². The molecule has 6 atom stereocenters. The summed E-state index contributed by atoms with van der Waals surface area (Å²) in [6, 6.07) is 10.2. The first-order valence-corrected chi connectivity index (χ1v) is 10.7. The Labute approximate surface area is 172 Å². The third kappa shape index (κ3) is 3.10. The third-order valence-corrected chi connectivity index (χ3v) is 7.59. The molecule has 1 aromatic carbocycles. The van der Waals surface area contributed by atoms with Crippen molar-refractivity contribution in [2.75, 3.05) is 26.7 Å². The monoisotopic (exact) mass is 400 g/mol. The van der Waals surface area contributed by atoms with E-state index in [1.807, 2.05) is 30.1 Å². The average molecular weight is 401 g/mol. The third-order valence-electron chi connectivity index (χ3n) is 7.59. The van der Waals surface area contributed by atoms with Crippen molar-refractivity contribution in [3.63, 3.8) is 0 Å². The molecule has 1 aromatic rings. The molecule has 4 fully saturated rings. The summed E-state index contributed by atoms with van der Waals surface area (Å²) in [6.45, 7) is 4.64. The van der Waals surface area contributed by atoms with E-state index in [9.17, 15) is 4.79 Å². The number of hydrazine groups is 1. The van der Waals surface area contributed by atoms with Crippen molar-refractivity contribution >= 4 is 5.91 Å². The molecule has 4 unspecified atom stereocenters. The Morgan fingerprint density at radius 3 is 2.55 bits per heavy atom. The first-order valence-electron chi connectivity index (χ1n) is 10.7. The number of ether oxygens (including phenoxy) is 1. The molecule has 5 rings (SSSR count). The molecule has 8 heteroatoms. The summed E-state index contributed by atoms with van der Waals surface area (Å²) in [4.78, 5) is 17.6. The Balaban J connectivity index is 1.28. The minimum atomic E-state index is -0.174. The van der Waals surface area contributed by atoms with Gasteiger partial charge < -0.3 is 15.4 Å². The van der Waals surface area contributed by atoms with Gasteiger partial charge in [-0.15, -0.1) is 0 Å². The molecule has 158 valence electrons. The van der Waals surface area contributed by atoms with Gasteiger partial charge >= 0.3 is 0 Å². The van der Waals surface area contributed by atoms with Gasteiger partial charge in [-0.2, -0.15) is 0 Å². The van der Waals surface area contributed by atoms with Crippen LogP contribution in [-0.4, -0.2) is 67.1 Å². The van der Waals surface area contributed by atoms with Crippen molar-refractivity contribution in [1.29, 1.82) is 0 Å². The highest BCUT2D eigenvalue weighted by Crippen LogP contribution is 2.42. The molecule has 5 N–H and O–H groups in total. The molecule has 4 heterocycles. The second kappa shape index (κ2) is 7.30. The second-order valence-corrected chi connectivity index (χ2v) is 9.11. The molecule has 0 aliphatic carbocycles. The largest absolute Gasteiger partial charge is 0.376 e. The zero-order chi connectivity index (χ0) is 20.2. The molecule has 1 amide bonds. The van der Waals surface area contributed by atoms with Crippen LogP contribution in [0, 0.1) is 11.3 Å². The van der Waals surface area contributed by atoms with Gasteiger partial charge in [0.25, 0.3) is 0 Å². The van der Waals surface area contributed by atoms with Gasteiger partial charge in [0.1, 0.15) is 6.29 Å². The zero-order valence-electron chi connectivity index (χ0n) is 17.2. The highest BCUT2D eigenvalue weighted by atomic mass is 16.5. The molecule has 8 nitrogen and oxygen atoms in total. The van der Waals surface area contributed by atoms with Crippen molar-refractivity contribution in [3.8, 4) is 0 Å². The van der Waals surface area contributed by atoms with Crippen LogP contribution in [0.1, 0.15) is 31.4 Å². The van der Waals surface area contributed by atoms with E-state index in [1.54, 1.807) is 0 Å². The van der Waals surface area contributed by atoms with Gasteiger partial charge in [0.05, 0.1) is 30.8 Å². The summed E-state index contributed by atoms with van der Waals surface area (Å²) < 4.78 is 5.85. The second-order valence-electron chi connectivity index (χ2n) is 9.11. The van der Waals surface area contributed by atoms with E-state index >= 15 is 0 Å². The Morgan fingerprint density at radius 2 is 1.90 bits per heavy atom. The minimum Gasteiger partial charge on any atom is -0.376 e. The number of rotatable bonds is 2. The number of nitrogens with one attached hydrogen (secondary N) is 3. The van der Waals surface area contributed by atoms with Crippen LogP contribution in [0.2, 0.25) is 0 Å². The predicted molar refractivity (Wildman–Crippen MR) is 109 cm³/mol. The maximum Gasteiger partial charge on any atom is 0.232 e. The summed E-state index contributed by atoms with van der Waals surface area (Å²) in [6.07, 6.45) is 1.93. The summed E-state index contributed by atoms with van der Waals surface area (Å²) in [5, 5.41) is 3.66. The fraction of sp³-hybridized carbons (Fsp3) is 0.667. The SMILES string of the molecule is C[C@@H]1OCC2(CCN(C3NC4NNC(c5ccccc5)C4C(=O)N3C)CC2)[C@@H]1N. The van der Waals surface area contributed by atoms with Gasteiger partial charge in [-0.05, 0) is 25.3 Å². The van der Waals surface area contributed by atoms with Crippen LogP contribution in [0.5, 0.6) is 0 Å². The number of piperidine rings is 1. The van der Waals surface area contributed by atoms with Crippen LogP contribution in [0.4, 0.5) is 0 Å². The van der Waals surface area contributed by atoms with E-state index < -0.39 is 0 Å². The molecular weight excluding hydrogens is 368 g/mol. The summed E-state index contributed by atoms with van der Waals surface area (Å²) in [5.41, 5.74) is 14.3. The lowest BCUT2D eigenvalue weighted by atomic mass is 9.73. The quantitative estimate of drug-likeness (QED) is 0.553. The number of benzene rings is 1. The van der Waals surface area contributed by atoms with Crippen molar-refractivity contribution in [2.24, 2.45) is 17.1 Å². The number of amides is 1. The predicted octanol–water partition coefficient (Wildman–Crippen LogP) is -0.0488. The lowest BCUT2D eigenvalue weighted by molar-refractivity contribution is -0.151. The molecule has 1 spiro atoms. The van der Waals surface area contributed by atoms with Gasteiger partial charge in [0.2, 0.25) is 5.91 Å². The van der Waals surface area contributed by atoms with Gasteiger partial charge in [-0.1, -0.05) is 30.3 Å². The van der Waals surface area contributed by atoms with Crippen LogP contribution < -0.4 is 21.9 Å². The molecule has 0 bridgehead atoms. The normalized spacial score (nSPS) is 39.8. The van der Waals surface area contributed by atoms with E-state index in [-0.39, 0.29) is 47.9 Å². The molecular formula is C21H32N6O2. The Hall–Kier alpha value is -1.55. The molecule has 0 saturated carbocycles. The fourth-order valence-corrected chi connectivity index (χ4v) is 5.60. The number of likely N-dealkylation sites (tertiary alicyclic amines) is 1. The van der Waals surface area contributed by atoms with E-state index in [2.05, 4.69) is 40.1 Å². The Kier molecular flexibility index (Phi) is 4.89. The van der Waals surface area contributed by atoms with Crippen LogP contribution in [0.15, 0.2) is 30.3 Å². The maximum absolute atomic E-state index is 13.3. The summed E-state index contributed by atoms with van der Waals surface area (Å²) >= 11 is 0. The zero-order valence-corrected chi connectivity index (χ0v) is 17.2. The average Bonchev–Trinajstić information content (AvgIpc) is 3.30. The smallest absolute Gasteiger partial charge is 0.232 e. The van der Waals surface area contributed by atoms with Crippen molar-refractivity contribution in [2.45, 2.75) is 50.4 Å². The standard InChI is InChI=1S/C21H32N6O2/c1-13-17(22)21(12-29-13)8-10-27(11-9-21)20-23-18-15(19(28)26(20)2)16(24-25-18)14-6-4-3-5-7-14/h3-7,13,15-18,20,23-25H,8-12,22H2,1-2H3/t13-,15?,16?,17+,18?,20?/m0/s1. The maximum atomic E-state index is 13.3. The van der Waals surface area contributed by atoms with E-state index in [0.29, 0.717) is 0 Å². The van der Waals surface area contributed by atoms with Gasteiger partial charge in [0.15, 0.2) is 0 Å². The lowest BCUT2D eigenvalue weighted by Gasteiger charge is -2.49. The number of nitrogens with two attached hydrogens (primary N) is 1. The summed E-state index contributed by atoms with van der Waals surface area (Å²) in [7, 11) is 1.91. The van der Waals surface area contributed by atoms with E-state index in [0.717, 1.165) is 38.1 Å². The first kappa shape index (κ1) is 19.4. The Bertz CT molecular complexity index is 753. The molecule has 4 saturated heterocycles. The number of fused-ring (bicyclic) bond motifs is 1. The van der Waals surface area contributed by atoms with Crippen LogP contribution >= 0.6 is 0 Å². The lowest BCUT2D eigenvalue weighted by Crippen LogP contribution is -2.70. The van der Waals surface area contributed by atoms with Crippen molar-refractivity contribution in [3.05, 3.63) is 35.9 Å². The van der Waals surface area contributed by atoms with Gasteiger partial charge in [-0.25, -0.2) is 10.9 Å². The summed E-state index contributed by atoms with van der Waals surface area (Å²) in [5.74, 6) is -0.00722. The van der Waals surface area contributed by atoms with Gasteiger partial charge in [-0.3, -0.25) is 15.0 Å². The van der Waals surface area contributed by atoms with E-state index in [4.69, 9.17) is 10.5 Å². The number of carbonyl (C=O) groups is 1.